The summed E-state index contributed by atoms with van der Waals surface area (Å²) in [5.74, 6) is 2.59. The highest BCUT2D eigenvalue weighted by Crippen LogP contribution is 2.30. The van der Waals surface area contributed by atoms with Crippen LogP contribution in [-0.2, 0) is 7.05 Å². The van der Waals surface area contributed by atoms with Crippen LogP contribution in [0.25, 0.3) is 0 Å². The van der Waals surface area contributed by atoms with Gasteiger partial charge in [0.25, 0.3) is 0 Å². The molecule has 0 radical (unpaired) electrons. The van der Waals surface area contributed by atoms with Crippen LogP contribution in [0.15, 0.2) is 11.4 Å². The molecule has 1 heterocycles. The van der Waals surface area contributed by atoms with Crippen molar-refractivity contribution in [3.8, 4) is 12.3 Å². The molecule has 0 unspecified atom stereocenters. The molecule has 0 saturated carbocycles. The van der Waals surface area contributed by atoms with Gasteiger partial charge in [-0.05, 0) is 0 Å². The fourth-order valence-corrected chi connectivity index (χ4v) is 1.78. The maximum Gasteiger partial charge on any atom is 0.169 e. The molecule has 0 spiro atoms. The molecule has 0 amide bonds. The molecule has 0 N–H and O–H groups in total. The lowest BCUT2D eigenvalue weighted by molar-refractivity contribution is 0.749. The Kier molecular flexibility index (Phi) is 2.72. The summed E-state index contributed by atoms with van der Waals surface area (Å²) in [7, 11) is 1.94. The predicted octanol–water partition coefficient (Wildman–Crippen LogP) is 2.29. The Hall–Kier alpha value is -0.880. The van der Waals surface area contributed by atoms with Crippen LogP contribution in [-0.4, -0.2) is 14.3 Å². The third kappa shape index (κ3) is 2.53. The van der Waals surface area contributed by atoms with Crippen molar-refractivity contribution in [2.24, 2.45) is 7.05 Å². The van der Waals surface area contributed by atoms with Gasteiger partial charge in [-0.1, -0.05) is 38.5 Å². The van der Waals surface area contributed by atoms with Gasteiger partial charge in [0.15, 0.2) is 5.16 Å². The zero-order chi connectivity index (χ0) is 10.1. The fraction of sp³-hybridized carbons (Fsp3) is 0.500. The Balaban J connectivity index is 2.93. The maximum absolute atomic E-state index is 5.31. The molecular weight excluding hydrogens is 180 g/mol. The lowest BCUT2D eigenvalue weighted by Gasteiger charge is -2.16. The molecule has 0 bridgehead atoms. The Morgan fingerprint density at radius 2 is 2.15 bits per heavy atom. The molecule has 0 aliphatic heterocycles. The fourth-order valence-electron chi connectivity index (χ4n) is 0.895. The summed E-state index contributed by atoms with van der Waals surface area (Å²) < 4.78 is 2.11. The molecule has 0 saturated heterocycles. The quantitative estimate of drug-likeness (QED) is 0.504. The van der Waals surface area contributed by atoms with E-state index in [1.54, 1.807) is 18.0 Å². The van der Waals surface area contributed by atoms with E-state index in [2.05, 4.69) is 31.7 Å². The normalized spacial score (nSPS) is 11.3. The summed E-state index contributed by atoms with van der Waals surface area (Å²) in [5, 5.41) is 0.973. The smallest absolute Gasteiger partial charge is 0.169 e. The second-order valence-corrected chi connectivity index (χ2v) is 5.64. The van der Waals surface area contributed by atoms with Gasteiger partial charge in [0.2, 0.25) is 0 Å². The molecule has 1 aromatic rings. The van der Waals surface area contributed by atoms with Gasteiger partial charge in [0.1, 0.15) is 5.69 Å². The highest BCUT2D eigenvalue weighted by Gasteiger charge is 2.16. The topological polar surface area (TPSA) is 17.8 Å². The first kappa shape index (κ1) is 10.2. The molecule has 0 aliphatic rings. The average Bonchev–Trinajstić information content (AvgIpc) is 2.30. The number of imidazole rings is 1. The van der Waals surface area contributed by atoms with Crippen LogP contribution in [0.3, 0.4) is 0 Å². The standard InChI is InChI=1S/C10H14N2S/c1-6-8-7-11-9(12(8)5)13-10(2,3)4/h1,7H,2-5H3. The second-order valence-electron chi connectivity index (χ2n) is 3.84. The van der Waals surface area contributed by atoms with E-state index < -0.39 is 0 Å². The van der Waals surface area contributed by atoms with Crippen LogP contribution in [0.1, 0.15) is 26.5 Å². The van der Waals surface area contributed by atoms with Gasteiger partial charge < -0.3 is 4.57 Å². The Morgan fingerprint density at radius 3 is 2.54 bits per heavy atom. The monoisotopic (exact) mass is 194 g/mol. The zero-order valence-electron chi connectivity index (χ0n) is 8.46. The van der Waals surface area contributed by atoms with Crippen LogP contribution in [0.5, 0.6) is 0 Å². The summed E-state index contributed by atoms with van der Waals surface area (Å²) >= 11 is 1.72. The van der Waals surface area contributed by atoms with Gasteiger partial charge in [-0.15, -0.1) is 6.42 Å². The molecule has 1 rings (SSSR count). The molecule has 13 heavy (non-hydrogen) atoms. The third-order valence-corrected chi connectivity index (χ3v) is 2.67. The summed E-state index contributed by atoms with van der Waals surface area (Å²) in [6, 6.07) is 0. The Bertz CT molecular complexity index is 339. The number of nitrogens with zero attached hydrogens (tertiary/aromatic N) is 2. The molecule has 70 valence electrons. The van der Waals surface area contributed by atoms with Crippen LogP contribution >= 0.6 is 11.8 Å². The van der Waals surface area contributed by atoms with Gasteiger partial charge in [-0.3, -0.25) is 0 Å². The number of thioether (sulfide) groups is 1. The van der Waals surface area contributed by atoms with Crippen molar-refractivity contribution in [1.29, 1.82) is 0 Å². The van der Waals surface area contributed by atoms with E-state index in [0.29, 0.717) is 0 Å². The van der Waals surface area contributed by atoms with Gasteiger partial charge in [-0.25, -0.2) is 4.98 Å². The molecule has 3 heteroatoms. The van der Waals surface area contributed by atoms with Gasteiger partial charge in [0, 0.05) is 11.8 Å². The number of hydrogen-bond donors (Lipinski definition) is 0. The van der Waals surface area contributed by atoms with E-state index >= 15 is 0 Å². The van der Waals surface area contributed by atoms with Gasteiger partial charge in [-0.2, -0.15) is 0 Å². The molecule has 2 nitrogen and oxygen atoms in total. The maximum atomic E-state index is 5.31. The SMILES string of the molecule is C#Cc1cnc(SC(C)(C)C)n1C. The van der Waals surface area contributed by atoms with Gasteiger partial charge >= 0.3 is 0 Å². The number of rotatable bonds is 1. The molecule has 0 aromatic carbocycles. The van der Waals surface area contributed by atoms with Crippen molar-refractivity contribution in [3.63, 3.8) is 0 Å². The van der Waals surface area contributed by atoms with E-state index in [4.69, 9.17) is 6.42 Å². The molecule has 1 aromatic heterocycles. The zero-order valence-corrected chi connectivity index (χ0v) is 9.27. The third-order valence-electron chi connectivity index (χ3n) is 1.49. The van der Waals surface area contributed by atoms with Crippen LogP contribution in [0.4, 0.5) is 0 Å². The first-order valence-electron chi connectivity index (χ1n) is 4.11. The van der Waals surface area contributed by atoms with Crippen LogP contribution in [0.2, 0.25) is 0 Å². The highest BCUT2D eigenvalue weighted by molar-refractivity contribution is 8.00. The second kappa shape index (κ2) is 3.47. The highest BCUT2D eigenvalue weighted by atomic mass is 32.2. The molecular formula is C10H14N2S. The number of aromatic nitrogens is 2. The lowest BCUT2D eigenvalue weighted by atomic mass is 10.3. The van der Waals surface area contributed by atoms with Crippen molar-refractivity contribution in [1.82, 2.24) is 9.55 Å². The van der Waals surface area contributed by atoms with Crippen molar-refractivity contribution >= 4 is 11.8 Å². The Morgan fingerprint density at radius 1 is 1.54 bits per heavy atom. The van der Waals surface area contributed by atoms with E-state index in [1.165, 1.54) is 0 Å². The van der Waals surface area contributed by atoms with E-state index in [0.717, 1.165) is 10.9 Å². The summed E-state index contributed by atoms with van der Waals surface area (Å²) in [5.41, 5.74) is 0.826. The number of hydrogen-bond acceptors (Lipinski definition) is 2. The number of terminal acetylenes is 1. The van der Waals surface area contributed by atoms with E-state index in [-0.39, 0.29) is 4.75 Å². The Labute approximate surface area is 83.7 Å². The minimum atomic E-state index is 0.172. The van der Waals surface area contributed by atoms with Crippen molar-refractivity contribution in [3.05, 3.63) is 11.9 Å². The first-order chi connectivity index (χ1) is 5.94. The largest absolute Gasteiger partial charge is 0.316 e. The van der Waals surface area contributed by atoms with Crippen LogP contribution in [0, 0.1) is 12.3 Å². The summed E-state index contributed by atoms with van der Waals surface area (Å²) in [6.45, 7) is 6.46. The lowest BCUT2D eigenvalue weighted by Crippen LogP contribution is -2.09. The van der Waals surface area contributed by atoms with Gasteiger partial charge in [0.05, 0.1) is 6.20 Å². The van der Waals surface area contributed by atoms with Crippen molar-refractivity contribution in [2.45, 2.75) is 30.7 Å². The van der Waals surface area contributed by atoms with Crippen LogP contribution < -0.4 is 0 Å². The van der Waals surface area contributed by atoms with E-state index in [1.807, 2.05) is 11.6 Å². The average molecular weight is 194 g/mol. The summed E-state index contributed by atoms with van der Waals surface area (Å²) in [6.07, 6.45) is 7.04. The van der Waals surface area contributed by atoms with E-state index in [9.17, 15) is 0 Å². The molecule has 0 atom stereocenters. The van der Waals surface area contributed by atoms with Crippen molar-refractivity contribution in [2.75, 3.05) is 0 Å². The predicted molar refractivity (Wildman–Crippen MR) is 56.8 cm³/mol. The minimum Gasteiger partial charge on any atom is -0.316 e. The first-order valence-corrected chi connectivity index (χ1v) is 4.93. The van der Waals surface area contributed by atoms with Crippen molar-refractivity contribution < 1.29 is 0 Å². The minimum absolute atomic E-state index is 0.172. The summed E-state index contributed by atoms with van der Waals surface area (Å²) in [4.78, 5) is 4.26. The molecule has 0 fully saturated rings. The molecule has 0 aliphatic carbocycles.